The third-order valence-corrected chi connectivity index (χ3v) is 4.05. The van der Waals surface area contributed by atoms with Crippen LogP contribution in [0.1, 0.15) is 31.7 Å². The van der Waals surface area contributed by atoms with Gasteiger partial charge in [0.2, 0.25) is 0 Å². The molecule has 1 N–H and O–H groups in total. The van der Waals surface area contributed by atoms with Crippen molar-refractivity contribution in [1.82, 2.24) is 24.6 Å². The molecule has 2 aromatic heterocycles. The van der Waals surface area contributed by atoms with E-state index < -0.39 is 12.7 Å². The van der Waals surface area contributed by atoms with Crippen LogP contribution in [0, 0.1) is 0 Å². The smallest absolute Gasteiger partial charge is 0.306 e. The highest BCUT2D eigenvalue weighted by Crippen LogP contribution is 2.30. The Kier molecular flexibility index (Phi) is 4.19. The zero-order chi connectivity index (χ0) is 15.6. The molecule has 0 radical (unpaired) electrons. The number of imidazole rings is 1. The molecular formula is C14H18F3N5. The quantitative estimate of drug-likeness (QED) is 0.944. The predicted molar refractivity (Wildman–Crippen MR) is 74.7 cm³/mol. The van der Waals surface area contributed by atoms with Crippen LogP contribution in [0.25, 0.3) is 5.82 Å². The Hall–Kier alpha value is -1.83. The van der Waals surface area contributed by atoms with E-state index in [9.17, 15) is 13.2 Å². The van der Waals surface area contributed by atoms with Gasteiger partial charge in [-0.15, -0.1) is 0 Å². The molecule has 1 saturated carbocycles. The lowest BCUT2D eigenvalue weighted by Gasteiger charge is -2.30. The molecule has 1 fully saturated rings. The fraction of sp³-hybridized carbons (Fsp3) is 0.571. The van der Waals surface area contributed by atoms with Crippen molar-refractivity contribution in [3.8, 4) is 5.82 Å². The molecule has 0 spiro atoms. The fourth-order valence-corrected chi connectivity index (χ4v) is 2.97. The lowest BCUT2D eigenvalue weighted by atomic mass is 9.91. The lowest BCUT2D eigenvalue weighted by Crippen LogP contribution is -2.39. The van der Waals surface area contributed by atoms with Gasteiger partial charge in [0.05, 0.1) is 18.8 Å². The van der Waals surface area contributed by atoms with Gasteiger partial charge in [-0.25, -0.2) is 9.67 Å². The van der Waals surface area contributed by atoms with Crippen LogP contribution >= 0.6 is 0 Å². The standard InChI is InChI=1S/C14H18F3N5/c15-14(16,17)9-19-11-1-3-12(4-2-11)22-13(5-6-20-22)21-8-7-18-10-21/h5-8,10-12,19H,1-4,9H2. The number of aromatic nitrogens is 4. The van der Waals surface area contributed by atoms with Crippen LogP contribution in [0.4, 0.5) is 13.2 Å². The zero-order valence-electron chi connectivity index (χ0n) is 12.0. The summed E-state index contributed by atoms with van der Waals surface area (Å²) in [5.41, 5.74) is 0. The van der Waals surface area contributed by atoms with E-state index in [0.29, 0.717) is 0 Å². The van der Waals surface area contributed by atoms with Crippen LogP contribution in [0.3, 0.4) is 0 Å². The van der Waals surface area contributed by atoms with Crippen LogP contribution in [-0.2, 0) is 0 Å². The molecule has 1 aliphatic rings. The molecule has 2 heterocycles. The molecule has 5 nitrogen and oxygen atoms in total. The van der Waals surface area contributed by atoms with Gasteiger partial charge in [0, 0.05) is 24.5 Å². The van der Waals surface area contributed by atoms with Crippen molar-refractivity contribution >= 4 is 0 Å². The van der Waals surface area contributed by atoms with Crippen LogP contribution in [0.15, 0.2) is 31.0 Å². The molecule has 3 rings (SSSR count). The number of hydrogen-bond acceptors (Lipinski definition) is 3. The van der Waals surface area contributed by atoms with Gasteiger partial charge in [-0.3, -0.25) is 4.57 Å². The van der Waals surface area contributed by atoms with Crippen LogP contribution in [0.2, 0.25) is 0 Å². The first-order valence-electron chi connectivity index (χ1n) is 7.35. The second kappa shape index (κ2) is 6.12. The van der Waals surface area contributed by atoms with Gasteiger partial charge in [0.1, 0.15) is 12.1 Å². The first kappa shape index (κ1) is 15.1. The number of hydrogen-bond donors (Lipinski definition) is 1. The van der Waals surface area contributed by atoms with E-state index in [1.54, 1.807) is 18.7 Å². The Morgan fingerprint density at radius 1 is 1.18 bits per heavy atom. The average Bonchev–Trinajstić information content (AvgIpc) is 3.15. The van der Waals surface area contributed by atoms with Gasteiger partial charge < -0.3 is 5.32 Å². The van der Waals surface area contributed by atoms with Crippen molar-refractivity contribution in [2.45, 2.75) is 43.9 Å². The van der Waals surface area contributed by atoms with Gasteiger partial charge >= 0.3 is 6.18 Å². The second-order valence-electron chi connectivity index (χ2n) is 5.61. The molecule has 120 valence electrons. The number of halogens is 3. The SMILES string of the molecule is FC(F)(F)CNC1CCC(n2nccc2-n2ccnc2)CC1. The molecule has 0 atom stereocenters. The van der Waals surface area contributed by atoms with Crippen molar-refractivity contribution in [2.24, 2.45) is 0 Å². The summed E-state index contributed by atoms with van der Waals surface area (Å²) < 4.78 is 40.5. The Bertz CT molecular complexity index is 582. The van der Waals surface area contributed by atoms with E-state index in [0.717, 1.165) is 31.5 Å². The van der Waals surface area contributed by atoms with Crippen molar-refractivity contribution < 1.29 is 13.2 Å². The van der Waals surface area contributed by atoms with Crippen molar-refractivity contribution in [3.05, 3.63) is 31.0 Å². The Labute approximate surface area is 126 Å². The van der Waals surface area contributed by atoms with Crippen LogP contribution in [-0.4, -0.2) is 38.1 Å². The van der Waals surface area contributed by atoms with Gasteiger partial charge in [-0.1, -0.05) is 0 Å². The van der Waals surface area contributed by atoms with Crippen molar-refractivity contribution in [2.75, 3.05) is 6.54 Å². The minimum atomic E-state index is -4.15. The third-order valence-electron chi connectivity index (χ3n) is 4.05. The van der Waals surface area contributed by atoms with Crippen LogP contribution in [0.5, 0.6) is 0 Å². The van der Waals surface area contributed by atoms with Crippen LogP contribution < -0.4 is 5.32 Å². The summed E-state index contributed by atoms with van der Waals surface area (Å²) in [5.74, 6) is 0.934. The maximum atomic E-state index is 12.2. The maximum Gasteiger partial charge on any atom is 0.401 e. The first-order valence-corrected chi connectivity index (χ1v) is 7.35. The van der Waals surface area contributed by atoms with Gasteiger partial charge in [0.15, 0.2) is 0 Å². The summed E-state index contributed by atoms with van der Waals surface area (Å²) in [7, 11) is 0. The van der Waals surface area contributed by atoms with E-state index in [2.05, 4.69) is 15.4 Å². The average molecular weight is 313 g/mol. The van der Waals surface area contributed by atoms with Gasteiger partial charge in [-0.2, -0.15) is 18.3 Å². The van der Waals surface area contributed by atoms with E-state index in [-0.39, 0.29) is 12.1 Å². The topological polar surface area (TPSA) is 47.7 Å². The summed E-state index contributed by atoms with van der Waals surface area (Å²) in [4.78, 5) is 4.03. The molecule has 0 aliphatic heterocycles. The van der Waals surface area contributed by atoms with E-state index >= 15 is 0 Å². The molecule has 8 heteroatoms. The molecule has 0 unspecified atom stereocenters. The Morgan fingerprint density at radius 3 is 2.59 bits per heavy atom. The minimum Gasteiger partial charge on any atom is -0.306 e. The van der Waals surface area contributed by atoms with Gasteiger partial charge in [-0.05, 0) is 25.7 Å². The maximum absolute atomic E-state index is 12.2. The molecule has 0 bridgehead atoms. The number of nitrogens with one attached hydrogen (secondary N) is 1. The first-order chi connectivity index (χ1) is 10.5. The molecule has 1 aliphatic carbocycles. The Balaban J connectivity index is 1.59. The predicted octanol–water partition coefficient (Wildman–Crippen LogP) is 2.70. The summed E-state index contributed by atoms with van der Waals surface area (Å²) in [6, 6.07) is 2.07. The summed E-state index contributed by atoms with van der Waals surface area (Å²) in [6.07, 6.45) is 5.95. The highest BCUT2D eigenvalue weighted by atomic mass is 19.4. The normalized spacial score (nSPS) is 22.9. The van der Waals surface area contributed by atoms with Gasteiger partial charge in [0.25, 0.3) is 0 Å². The molecule has 0 aromatic carbocycles. The number of alkyl halides is 3. The summed E-state index contributed by atoms with van der Waals surface area (Å²) in [5, 5.41) is 6.97. The number of rotatable bonds is 4. The highest BCUT2D eigenvalue weighted by Gasteiger charge is 2.30. The molecule has 2 aromatic rings. The fourth-order valence-electron chi connectivity index (χ4n) is 2.97. The zero-order valence-corrected chi connectivity index (χ0v) is 12.0. The monoisotopic (exact) mass is 313 g/mol. The minimum absolute atomic E-state index is 0.0647. The molecular weight excluding hydrogens is 295 g/mol. The van der Waals surface area contributed by atoms with Crippen molar-refractivity contribution in [3.63, 3.8) is 0 Å². The number of nitrogens with zero attached hydrogens (tertiary/aromatic N) is 4. The molecule has 0 amide bonds. The lowest BCUT2D eigenvalue weighted by molar-refractivity contribution is -0.126. The third kappa shape index (κ3) is 3.49. The summed E-state index contributed by atoms with van der Waals surface area (Å²) >= 11 is 0. The van der Waals surface area contributed by atoms with E-state index in [1.165, 1.54) is 0 Å². The molecule has 0 saturated heterocycles. The van der Waals surface area contributed by atoms with Crippen molar-refractivity contribution in [1.29, 1.82) is 0 Å². The second-order valence-corrected chi connectivity index (χ2v) is 5.61. The molecule has 22 heavy (non-hydrogen) atoms. The van der Waals surface area contributed by atoms with E-state index in [4.69, 9.17) is 0 Å². The summed E-state index contributed by atoms with van der Waals surface area (Å²) in [6.45, 7) is -0.912. The van der Waals surface area contributed by atoms with E-state index in [1.807, 2.05) is 21.5 Å². The Morgan fingerprint density at radius 2 is 1.95 bits per heavy atom. The largest absolute Gasteiger partial charge is 0.401 e. The highest BCUT2D eigenvalue weighted by molar-refractivity contribution is 5.21.